The first-order chi connectivity index (χ1) is 37.0. The lowest BCUT2D eigenvalue weighted by Gasteiger charge is -2.16. The number of hydrogen-bond acceptors (Lipinski definition) is 16. The topological polar surface area (TPSA) is 280 Å². The lowest BCUT2D eigenvalue weighted by Crippen LogP contribution is -2.10. The van der Waals surface area contributed by atoms with E-state index in [1.807, 2.05) is 18.2 Å². The summed E-state index contributed by atoms with van der Waals surface area (Å²) in [5.41, 5.74) is 5.60. The van der Waals surface area contributed by atoms with Crippen LogP contribution in [0.15, 0.2) is 158 Å². The summed E-state index contributed by atoms with van der Waals surface area (Å²) in [5, 5.41) is 29.0. The van der Waals surface area contributed by atoms with Gasteiger partial charge in [-0.15, -0.1) is 0 Å². The molecule has 0 radical (unpaired) electrons. The summed E-state index contributed by atoms with van der Waals surface area (Å²) < 4.78 is 13.1. The molecule has 0 aromatic carbocycles. The van der Waals surface area contributed by atoms with Crippen molar-refractivity contribution in [3.8, 4) is 6.07 Å². The van der Waals surface area contributed by atoms with Crippen LogP contribution in [-0.4, -0.2) is 82.6 Å². The normalized spacial score (nSPS) is 10.1. The van der Waals surface area contributed by atoms with Crippen molar-refractivity contribution in [1.82, 2.24) is 28.7 Å². The van der Waals surface area contributed by atoms with Gasteiger partial charge in [-0.1, -0.05) is 119 Å². The van der Waals surface area contributed by atoms with Crippen LogP contribution >= 0.6 is 69.6 Å². The number of nitriles is 1. The third-order valence-electron chi connectivity index (χ3n) is 8.74. The van der Waals surface area contributed by atoms with Gasteiger partial charge in [0, 0.05) is 30.4 Å². The average molecular weight is 1180 g/mol. The molecular formula is C53H43Cl6N7O12. The van der Waals surface area contributed by atoms with Gasteiger partial charge < -0.3 is 28.5 Å². The number of ether oxygens (including phenoxy) is 2. The van der Waals surface area contributed by atoms with E-state index in [0.717, 1.165) is 11.0 Å². The largest absolute Gasteiger partial charge is 0.478 e. The Hall–Kier alpha value is -8.37. The van der Waals surface area contributed by atoms with E-state index in [1.54, 1.807) is 138 Å². The van der Waals surface area contributed by atoms with Gasteiger partial charge >= 0.3 is 30.2 Å². The minimum Gasteiger partial charge on any atom is -0.478 e. The third kappa shape index (κ3) is 25.0. The highest BCUT2D eigenvalue weighted by Crippen LogP contribution is 2.24. The number of aliphatic hydroxyl groups is 1. The van der Waals surface area contributed by atoms with Crippen LogP contribution in [0.25, 0.3) is 11.0 Å². The first kappa shape index (κ1) is 67.6. The number of aromatic carboxylic acids is 1. The molecule has 2 atom stereocenters. The average Bonchev–Trinajstić information content (AvgIpc) is 4.06. The molecule has 25 heteroatoms. The van der Waals surface area contributed by atoms with Gasteiger partial charge in [0.15, 0.2) is 12.4 Å². The SMILES string of the molecule is C=C(C)C(O)c1cccc(Cl)n1.C=C(C)C(OC(C)=O)c1cccc(Cl)n1.COC(=O)c1cc2cccc(Cl)n2c1.N#Cc1cccc(Cl)n1.O=C(O)c1cc2cccc(Cl)n2c1.O=C=O.O=C=O.O=Cc1cccc(Cl)n1. The Kier molecular flexibility index (Phi) is 31.7. The molecule has 2 N–H and O–H groups in total. The van der Waals surface area contributed by atoms with E-state index >= 15 is 0 Å². The summed E-state index contributed by atoms with van der Waals surface area (Å²) in [7, 11) is 1.35. The smallest absolute Gasteiger partial charge is 0.373 e. The molecule has 19 nitrogen and oxygen atoms in total. The number of pyridine rings is 6. The quantitative estimate of drug-likeness (QED) is 0.0619. The Balaban J connectivity index is 0.000000462. The molecule has 0 aliphatic carbocycles. The Morgan fingerprint density at radius 1 is 0.628 bits per heavy atom. The summed E-state index contributed by atoms with van der Waals surface area (Å²) in [6, 6.07) is 36.0. The van der Waals surface area contributed by atoms with E-state index in [4.69, 9.17) is 104 Å². The van der Waals surface area contributed by atoms with Crippen LogP contribution in [0.2, 0.25) is 30.9 Å². The Bertz CT molecular complexity index is 3410. The maximum Gasteiger partial charge on any atom is 0.373 e. The second-order valence-corrected chi connectivity index (χ2v) is 16.8. The summed E-state index contributed by atoms with van der Waals surface area (Å²) >= 11 is 34.1. The molecule has 8 aromatic rings. The molecule has 0 bridgehead atoms. The molecule has 8 aromatic heterocycles. The fourth-order valence-corrected chi connectivity index (χ4v) is 6.60. The zero-order valence-electron chi connectivity index (χ0n) is 41.2. The molecule has 0 fully saturated rings. The fraction of sp³-hybridized carbons (Fsp3) is 0.113. The molecule has 0 aliphatic rings. The Morgan fingerprint density at radius 2 is 1.05 bits per heavy atom. The van der Waals surface area contributed by atoms with Crippen LogP contribution < -0.4 is 0 Å². The predicted molar refractivity (Wildman–Crippen MR) is 289 cm³/mol. The van der Waals surface area contributed by atoms with Crippen LogP contribution in [0, 0.1) is 11.3 Å². The van der Waals surface area contributed by atoms with E-state index in [0.29, 0.717) is 76.7 Å². The molecule has 0 spiro atoms. The molecule has 8 heterocycles. The van der Waals surface area contributed by atoms with Crippen LogP contribution in [0.5, 0.6) is 0 Å². The van der Waals surface area contributed by atoms with Crippen molar-refractivity contribution in [2.75, 3.05) is 7.11 Å². The van der Waals surface area contributed by atoms with Gasteiger partial charge in [0.2, 0.25) is 0 Å². The molecular weight excluding hydrogens is 1140 g/mol. The van der Waals surface area contributed by atoms with E-state index in [2.05, 4.69) is 37.8 Å². The van der Waals surface area contributed by atoms with Gasteiger partial charge in [0.25, 0.3) is 0 Å². The second kappa shape index (κ2) is 36.6. The number of halogens is 6. The van der Waals surface area contributed by atoms with Gasteiger partial charge in [-0.3, -0.25) is 9.59 Å². The number of carboxylic acids is 1. The van der Waals surface area contributed by atoms with Crippen molar-refractivity contribution >= 4 is 117 Å². The minimum atomic E-state index is -0.945. The highest BCUT2D eigenvalue weighted by Gasteiger charge is 2.17. The molecule has 0 saturated carbocycles. The van der Waals surface area contributed by atoms with Crippen LogP contribution in [0.4, 0.5) is 0 Å². The molecule has 404 valence electrons. The number of aliphatic hydroxyl groups excluding tert-OH is 1. The highest BCUT2D eigenvalue weighted by molar-refractivity contribution is 6.31. The molecule has 0 aliphatic heterocycles. The number of carboxylic acid groups (broad SMARTS) is 1. The lowest BCUT2D eigenvalue weighted by molar-refractivity contribution is -0.193. The van der Waals surface area contributed by atoms with Gasteiger partial charge in [-0.05, 0) is 110 Å². The van der Waals surface area contributed by atoms with Crippen LogP contribution in [0.3, 0.4) is 0 Å². The fourth-order valence-electron chi connectivity index (χ4n) is 5.48. The van der Waals surface area contributed by atoms with Crippen molar-refractivity contribution in [1.29, 1.82) is 5.26 Å². The summed E-state index contributed by atoms with van der Waals surface area (Å²) in [6.45, 7) is 12.2. The van der Waals surface area contributed by atoms with Crippen molar-refractivity contribution in [3.05, 3.63) is 223 Å². The maximum absolute atomic E-state index is 11.2. The predicted octanol–water partition coefficient (Wildman–Crippen LogP) is 11.9. The van der Waals surface area contributed by atoms with Gasteiger partial charge in [-0.25, -0.2) is 29.5 Å². The van der Waals surface area contributed by atoms with Gasteiger partial charge in [-0.2, -0.15) is 24.4 Å². The van der Waals surface area contributed by atoms with E-state index in [-0.39, 0.29) is 29.8 Å². The number of aldehydes is 1. The van der Waals surface area contributed by atoms with E-state index in [1.165, 1.54) is 20.2 Å². The summed E-state index contributed by atoms with van der Waals surface area (Å²) in [6.07, 6.45) is 3.07. The number of rotatable bonds is 8. The monoisotopic (exact) mass is 1180 g/mol. The molecule has 78 heavy (non-hydrogen) atoms. The summed E-state index contributed by atoms with van der Waals surface area (Å²) in [4.78, 5) is 90.7. The zero-order valence-corrected chi connectivity index (χ0v) is 45.8. The number of esters is 2. The number of carbonyl (C=O) groups is 4. The van der Waals surface area contributed by atoms with Crippen molar-refractivity contribution in [2.45, 2.75) is 33.0 Å². The highest BCUT2D eigenvalue weighted by atomic mass is 35.5. The van der Waals surface area contributed by atoms with E-state index < -0.39 is 18.2 Å². The lowest BCUT2D eigenvalue weighted by atomic mass is 10.1. The van der Waals surface area contributed by atoms with Gasteiger partial charge in [0.1, 0.15) is 54.5 Å². The zero-order chi connectivity index (χ0) is 58.9. The van der Waals surface area contributed by atoms with Crippen molar-refractivity contribution < 1.29 is 58.0 Å². The standard InChI is InChI=1S/C11H12ClNO2.C10H8ClNO2.C9H6ClNO2.C9H10ClNO.C6H3ClN2.C6H4ClNO.2CO2/c1-7(2)11(15-8(3)14)9-5-4-6-10(12)13-9;1-14-10(13)7-5-8-3-2-4-9(11)12(8)6-7;10-8-3-1-2-7-4-6(9(12)13)5-11(7)8;1-6(2)9(12)7-4-3-5-8(10)11-7;7-6-3-1-2-5(4-8)9-6;7-6-3-1-2-5(4-9)8-6;2*2-1-3/h4-6,11H,1H2,2-3H3;2-6H,1H3;1-5H,(H,12,13);3-5,9,12H,1H2,2H3;1-3H;1-4H;;. The molecule has 8 rings (SSSR count). The number of aromatic nitrogens is 6. The van der Waals surface area contributed by atoms with E-state index in [9.17, 15) is 24.3 Å². The van der Waals surface area contributed by atoms with Crippen LogP contribution in [-0.2, 0) is 33.4 Å². The molecule has 2 unspecified atom stereocenters. The van der Waals surface area contributed by atoms with Gasteiger partial charge in [0.05, 0.1) is 29.6 Å². The third-order valence-corrected chi connectivity index (χ3v) is 10.2. The second-order valence-electron chi connectivity index (χ2n) is 14.5. The van der Waals surface area contributed by atoms with Crippen molar-refractivity contribution in [2.24, 2.45) is 0 Å². The number of methoxy groups -OCH3 is 1. The maximum atomic E-state index is 11.2. The Morgan fingerprint density at radius 3 is 1.42 bits per heavy atom. The number of hydrogen-bond donors (Lipinski definition) is 2. The van der Waals surface area contributed by atoms with Crippen molar-refractivity contribution in [3.63, 3.8) is 0 Å². The number of carbonyl (C=O) groups excluding carboxylic acids is 7. The van der Waals surface area contributed by atoms with Crippen LogP contribution in [0.1, 0.15) is 81.3 Å². The summed E-state index contributed by atoms with van der Waals surface area (Å²) in [5.74, 6) is -1.67. The number of nitrogens with zero attached hydrogens (tertiary/aromatic N) is 7. The first-order valence-electron chi connectivity index (χ1n) is 21.4. The molecule has 0 amide bonds. The Labute approximate surface area is 475 Å². The number of fused-ring (bicyclic) bond motifs is 2. The first-order valence-corrected chi connectivity index (χ1v) is 23.6. The molecule has 0 saturated heterocycles. The minimum absolute atomic E-state index is 0.244.